The summed E-state index contributed by atoms with van der Waals surface area (Å²) >= 11 is 1.50. The molecule has 0 radical (unpaired) electrons. The Morgan fingerprint density at radius 1 is 0.794 bits per heavy atom. The largest absolute Gasteiger partial charge is 0.353 e. The summed E-state index contributed by atoms with van der Waals surface area (Å²) in [6, 6.07) is 28.8. The van der Waals surface area contributed by atoms with Crippen LogP contribution in [0.25, 0.3) is 5.69 Å². The second kappa shape index (κ2) is 8.18. The van der Waals surface area contributed by atoms with Crippen LogP contribution in [-0.2, 0) is 0 Å². The molecule has 6 nitrogen and oxygen atoms in total. The zero-order valence-corrected chi connectivity index (χ0v) is 19.3. The van der Waals surface area contributed by atoms with Crippen molar-refractivity contribution in [3.8, 4) is 5.69 Å². The number of hydrogen-bond acceptors (Lipinski definition) is 4. The van der Waals surface area contributed by atoms with Gasteiger partial charge in [0.05, 0.1) is 17.4 Å². The van der Waals surface area contributed by atoms with Crippen LogP contribution in [0.3, 0.4) is 0 Å². The minimum absolute atomic E-state index is 0.0365. The lowest BCUT2D eigenvalue weighted by Gasteiger charge is -2.30. The minimum atomic E-state index is -0.389. The lowest BCUT2D eigenvalue weighted by atomic mass is 9.92. The number of aromatic nitrogens is 3. The molecule has 0 saturated carbocycles. The molecule has 7 heteroatoms. The van der Waals surface area contributed by atoms with Gasteiger partial charge < -0.3 is 0 Å². The first-order chi connectivity index (χ1) is 16.6. The molecular weight excluding hydrogens is 444 g/mol. The second-order valence-corrected chi connectivity index (χ2v) is 9.53. The highest BCUT2D eigenvalue weighted by atomic mass is 32.2. The number of thioether (sulfide) groups is 1. The van der Waals surface area contributed by atoms with Gasteiger partial charge in [-0.2, -0.15) is 0 Å². The first-order valence-corrected chi connectivity index (χ1v) is 12.1. The zero-order chi connectivity index (χ0) is 23.2. The van der Waals surface area contributed by atoms with Crippen molar-refractivity contribution in [3.05, 3.63) is 135 Å². The summed E-state index contributed by atoms with van der Waals surface area (Å²) in [6.07, 6.45) is 2.06. The van der Waals surface area contributed by atoms with E-state index in [9.17, 15) is 9.59 Å². The van der Waals surface area contributed by atoms with Crippen molar-refractivity contribution in [2.45, 2.75) is 24.3 Å². The quantitative estimate of drug-likeness (QED) is 0.437. The Morgan fingerprint density at radius 3 is 2.06 bits per heavy atom. The first kappa shape index (κ1) is 20.7. The molecule has 34 heavy (non-hydrogen) atoms. The smallest absolute Gasteiger partial charge is 0.245 e. The Morgan fingerprint density at radius 2 is 1.38 bits per heavy atom. The van der Waals surface area contributed by atoms with Gasteiger partial charge >= 0.3 is 11.4 Å². The fourth-order valence-corrected chi connectivity index (χ4v) is 5.87. The van der Waals surface area contributed by atoms with Crippen molar-refractivity contribution in [1.29, 1.82) is 0 Å². The van der Waals surface area contributed by atoms with Crippen molar-refractivity contribution in [3.63, 3.8) is 0 Å². The van der Waals surface area contributed by atoms with Gasteiger partial charge in [-0.3, -0.25) is 0 Å². The van der Waals surface area contributed by atoms with E-state index in [0.717, 1.165) is 21.9 Å². The Hall–Kier alpha value is -3.84. The summed E-state index contributed by atoms with van der Waals surface area (Å²) < 4.78 is 4.49. The topological polar surface area (TPSA) is 61.3 Å². The molecule has 0 spiro atoms. The van der Waals surface area contributed by atoms with Gasteiger partial charge in [0.25, 0.3) is 0 Å². The van der Waals surface area contributed by atoms with E-state index < -0.39 is 0 Å². The van der Waals surface area contributed by atoms with Gasteiger partial charge in [-0.15, -0.1) is 0 Å². The number of nitrogens with zero attached hydrogens (tertiary/aromatic N) is 4. The molecule has 0 N–H and O–H groups in total. The summed E-state index contributed by atoms with van der Waals surface area (Å²) in [5, 5.41) is 0.461. The van der Waals surface area contributed by atoms with Gasteiger partial charge in [-0.05, 0) is 23.8 Å². The van der Waals surface area contributed by atoms with Crippen LogP contribution < -0.4 is 11.4 Å². The molecule has 0 aliphatic carbocycles. The molecule has 3 aromatic carbocycles. The maximum Gasteiger partial charge on any atom is 0.353 e. The maximum absolute atomic E-state index is 13.8. The van der Waals surface area contributed by atoms with Gasteiger partial charge in [0, 0.05) is 11.5 Å². The molecule has 168 valence electrons. The van der Waals surface area contributed by atoms with E-state index in [1.165, 1.54) is 16.3 Å². The van der Waals surface area contributed by atoms with Crippen molar-refractivity contribution in [2.75, 3.05) is 0 Å². The van der Waals surface area contributed by atoms with Gasteiger partial charge in [0.15, 0.2) is 0 Å². The van der Waals surface area contributed by atoms with Crippen molar-refractivity contribution in [2.24, 2.45) is 4.99 Å². The Kier molecular flexibility index (Phi) is 4.99. The van der Waals surface area contributed by atoms with Crippen molar-refractivity contribution < 1.29 is 0 Å². The second-order valence-electron chi connectivity index (χ2n) is 8.46. The molecule has 0 amide bonds. The third kappa shape index (κ3) is 3.23. The van der Waals surface area contributed by atoms with E-state index in [2.05, 4.69) is 25.1 Å². The van der Waals surface area contributed by atoms with E-state index in [1.54, 1.807) is 21.5 Å². The molecule has 0 saturated heterocycles. The molecule has 3 heterocycles. The van der Waals surface area contributed by atoms with Crippen LogP contribution in [0.4, 0.5) is 0 Å². The predicted molar refractivity (Wildman–Crippen MR) is 136 cm³/mol. The lowest BCUT2D eigenvalue weighted by molar-refractivity contribution is 0.353. The van der Waals surface area contributed by atoms with Crippen molar-refractivity contribution >= 4 is 16.8 Å². The van der Waals surface area contributed by atoms with Crippen LogP contribution >= 0.6 is 11.8 Å². The molecule has 0 bridgehead atoms. The van der Waals surface area contributed by atoms with Crippen LogP contribution in [0.5, 0.6) is 0 Å². The van der Waals surface area contributed by atoms with Crippen LogP contribution in [0.15, 0.2) is 117 Å². The standard InChI is InChI=1S/C27H22N4O2S/c1-18(19-11-5-2-6-12-19)23-17-22-25(34-24(28-22)20-13-7-3-8-14-20)31-27(33)29(26(32)30(23)31)21-15-9-4-10-16-21/h2-18,23,25H,1H3/t18-,23-,25-/m0/s1. The van der Waals surface area contributed by atoms with E-state index in [-0.39, 0.29) is 28.7 Å². The minimum Gasteiger partial charge on any atom is -0.245 e. The third-order valence-corrected chi connectivity index (χ3v) is 7.65. The van der Waals surface area contributed by atoms with E-state index in [4.69, 9.17) is 4.99 Å². The average molecular weight is 467 g/mol. The number of hydrogen-bond donors (Lipinski definition) is 0. The number of para-hydroxylation sites is 1. The summed E-state index contributed by atoms with van der Waals surface area (Å²) in [5.41, 5.74) is 2.77. The monoisotopic (exact) mass is 466 g/mol. The molecule has 0 unspecified atom stereocenters. The SMILES string of the molecule is C[C@@H](c1ccccc1)[C@@H]1C=C2N=C(c3ccccc3)S[C@@H]2n2c(=O)n(-c3ccccc3)c(=O)n21. The third-order valence-electron chi connectivity index (χ3n) is 6.43. The Balaban J connectivity index is 1.55. The van der Waals surface area contributed by atoms with Crippen LogP contribution in [-0.4, -0.2) is 19.0 Å². The van der Waals surface area contributed by atoms with Gasteiger partial charge in [-0.1, -0.05) is 97.5 Å². The number of rotatable bonds is 4. The van der Waals surface area contributed by atoms with Crippen LogP contribution in [0, 0.1) is 0 Å². The first-order valence-electron chi connectivity index (χ1n) is 11.2. The molecule has 0 fully saturated rings. The molecule has 2 aliphatic heterocycles. The van der Waals surface area contributed by atoms with E-state index >= 15 is 0 Å². The maximum atomic E-state index is 13.8. The van der Waals surface area contributed by atoms with Crippen LogP contribution in [0.1, 0.15) is 35.4 Å². The summed E-state index contributed by atoms with van der Waals surface area (Å²) in [7, 11) is 0. The summed E-state index contributed by atoms with van der Waals surface area (Å²) in [6.45, 7) is 2.09. The van der Waals surface area contributed by atoms with Crippen LogP contribution in [0.2, 0.25) is 0 Å². The van der Waals surface area contributed by atoms with Gasteiger partial charge in [0.2, 0.25) is 0 Å². The molecule has 4 aromatic rings. The summed E-state index contributed by atoms with van der Waals surface area (Å²) in [4.78, 5) is 32.4. The van der Waals surface area contributed by atoms with E-state index in [0.29, 0.717) is 5.69 Å². The van der Waals surface area contributed by atoms with Gasteiger partial charge in [0.1, 0.15) is 10.4 Å². The van der Waals surface area contributed by atoms with Gasteiger partial charge in [-0.25, -0.2) is 28.5 Å². The number of fused-ring (bicyclic) bond motifs is 3. The normalized spacial score (nSPS) is 19.7. The fraction of sp³-hybridized carbons (Fsp3) is 0.148. The Labute approximate surface area is 200 Å². The predicted octanol–water partition coefficient (Wildman–Crippen LogP) is 4.74. The van der Waals surface area contributed by atoms with E-state index in [1.807, 2.05) is 66.7 Å². The number of aliphatic imine (C=N–C) groups is 1. The molecule has 1 aromatic heterocycles. The molecule has 2 aliphatic rings. The highest BCUT2D eigenvalue weighted by Gasteiger charge is 2.40. The fourth-order valence-electron chi connectivity index (χ4n) is 4.68. The molecule has 6 rings (SSSR count). The Bertz CT molecular complexity index is 1530. The highest BCUT2D eigenvalue weighted by molar-refractivity contribution is 8.14. The average Bonchev–Trinajstić information content (AvgIpc) is 3.43. The highest BCUT2D eigenvalue weighted by Crippen LogP contribution is 2.45. The van der Waals surface area contributed by atoms with Crippen molar-refractivity contribution in [1.82, 2.24) is 13.9 Å². The molecular formula is C27H22N4O2S. The number of allylic oxidation sites excluding steroid dienone is 1. The zero-order valence-electron chi connectivity index (χ0n) is 18.5. The molecule has 3 atom stereocenters. The lowest BCUT2D eigenvalue weighted by Crippen LogP contribution is -2.37. The number of benzene rings is 3. The summed E-state index contributed by atoms with van der Waals surface area (Å²) in [5.74, 6) is -0.0365.